The van der Waals surface area contributed by atoms with Crippen molar-refractivity contribution in [3.05, 3.63) is 41.0 Å². The van der Waals surface area contributed by atoms with Gasteiger partial charge < -0.3 is 0 Å². The zero-order chi connectivity index (χ0) is 10.8. The topological polar surface area (TPSA) is 0 Å². The fourth-order valence-corrected chi connectivity index (χ4v) is 9.41. The molecule has 0 amide bonds. The molecular formula is C14H10S3. The zero-order valence-electron chi connectivity index (χ0n) is 9.00. The summed E-state index contributed by atoms with van der Waals surface area (Å²) in [6, 6.07) is 9.05. The Hall–Kier alpha value is 0.01000. The summed E-state index contributed by atoms with van der Waals surface area (Å²) in [4.78, 5) is 0. The fourth-order valence-electron chi connectivity index (χ4n) is 3.86. The van der Waals surface area contributed by atoms with Crippen molar-refractivity contribution >= 4 is 41.4 Å². The predicted octanol–water partition coefficient (Wildman–Crippen LogP) is 3.59. The molecule has 4 fully saturated rings. The van der Waals surface area contributed by atoms with Gasteiger partial charge in [0.2, 0.25) is 0 Å². The van der Waals surface area contributed by atoms with E-state index in [2.05, 4.69) is 65.6 Å². The highest BCUT2D eigenvalue weighted by Gasteiger charge is 2.80. The van der Waals surface area contributed by atoms with Gasteiger partial charge in [-0.2, -0.15) is 0 Å². The summed E-state index contributed by atoms with van der Waals surface area (Å²) in [5, 5.41) is 4.62. The first-order chi connectivity index (χ1) is 8.39. The van der Waals surface area contributed by atoms with Gasteiger partial charge in [-0.3, -0.25) is 0 Å². The lowest BCUT2D eigenvalue weighted by atomic mass is 9.75. The Morgan fingerprint density at radius 3 is 3.00 bits per heavy atom. The molecule has 17 heavy (non-hydrogen) atoms. The summed E-state index contributed by atoms with van der Waals surface area (Å²) in [6.45, 7) is 0. The summed E-state index contributed by atoms with van der Waals surface area (Å²) < 4.78 is 0.550. The zero-order valence-corrected chi connectivity index (χ0v) is 11.4. The Morgan fingerprint density at radius 1 is 1.06 bits per heavy atom. The van der Waals surface area contributed by atoms with Gasteiger partial charge in [0.05, 0.1) is 10.00 Å². The van der Waals surface area contributed by atoms with Crippen molar-refractivity contribution < 1.29 is 0 Å². The number of rotatable bonds is 0. The van der Waals surface area contributed by atoms with Crippen LogP contribution in [0.5, 0.6) is 0 Å². The van der Waals surface area contributed by atoms with Gasteiger partial charge in [0.25, 0.3) is 0 Å². The van der Waals surface area contributed by atoms with Crippen LogP contribution in [0.15, 0.2) is 29.8 Å². The Morgan fingerprint density at radius 2 is 2.00 bits per heavy atom. The standard InChI is InChI=1S/C14H10S3/c1-2-4-7-6(3-1)5-8-9-10(15-9)11-13(16-11)14(8)12(7)17-14/h1-5,9-13H. The molecule has 3 heterocycles. The van der Waals surface area contributed by atoms with Crippen LogP contribution in [0, 0.1) is 0 Å². The number of hydrogen-bond donors (Lipinski definition) is 0. The molecule has 6 atom stereocenters. The minimum atomic E-state index is 0.550. The van der Waals surface area contributed by atoms with Gasteiger partial charge in [0, 0.05) is 21.0 Å². The van der Waals surface area contributed by atoms with Crippen molar-refractivity contribution in [3.63, 3.8) is 0 Å². The fraction of sp³-hybridized carbons (Fsp3) is 0.429. The molecule has 0 aromatic heterocycles. The molecule has 5 aliphatic rings. The van der Waals surface area contributed by atoms with E-state index in [0.717, 1.165) is 26.2 Å². The third-order valence-corrected chi connectivity index (χ3v) is 9.76. The van der Waals surface area contributed by atoms with E-state index in [9.17, 15) is 0 Å². The van der Waals surface area contributed by atoms with Crippen molar-refractivity contribution in [1.29, 1.82) is 0 Å². The second-order valence-electron chi connectivity index (χ2n) is 5.56. The van der Waals surface area contributed by atoms with Crippen LogP contribution in [-0.2, 0) is 0 Å². The molecule has 3 heteroatoms. The van der Waals surface area contributed by atoms with Gasteiger partial charge in [0.15, 0.2) is 0 Å². The maximum atomic E-state index is 2.54. The van der Waals surface area contributed by atoms with E-state index in [4.69, 9.17) is 0 Å². The molecule has 6 rings (SSSR count). The largest absolute Gasteiger partial charge is 0.150 e. The van der Waals surface area contributed by atoms with Crippen molar-refractivity contribution in [2.45, 2.75) is 31.0 Å². The molecule has 1 aromatic carbocycles. The van der Waals surface area contributed by atoms with Crippen LogP contribution >= 0.6 is 35.3 Å². The maximum absolute atomic E-state index is 2.54. The first kappa shape index (κ1) is 9.00. The average molecular weight is 274 g/mol. The highest BCUT2D eigenvalue weighted by atomic mass is 32.2. The SMILES string of the molecule is C1=C2C3SC3C3SC3C23SC3c2ccccc21. The van der Waals surface area contributed by atoms with E-state index in [0.29, 0.717) is 4.75 Å². The minimum absolute atomic E-state index is 0.550. The summed E-state index contributed by atoms with van der Waals surface area (Å²) in [7, 11) is 0. The maximum Gasteiger partial charge on any atom is 0.0678 e. The Labute approximate surface area is 113 Å². The first-order valence-electron chi connectivity index (χ1n) is 6.19. The lowest BCUT2D eigenvalue weighted by Crippen LogP contribution is -2.34. The quantitative estimate of drug-likeness (QED) is 0.664. The predicted molar refractivity (Wildman–Crippen MR) is 77.8 cm³/mol. The van der Waals surface area contributed by atoms with Crippen molar-refractivity contribution in [3.8, 4) is 0 Å². The molecule has 6 unspecified atom stereocenters. The normalized spacial score (nSPS) is 54.4. The van der Waals surface area contributed by atoms with E-state index in [1.807, 2.05) is 0 Å². The van der Waals surface area contributed by atoms with Crippen LogP contribution in [0.2, 0.25) is 0 Å². The van der Waals surface area contributed by atoms with Crippen molar-refractivity contribution in [2.75, 3.05) is 0 Å². The summed E-state index contributed by atoms with van der Waals surface area (Å²) in [5.74, 6) is 0. The third kappa shape index (κ3) is 0.873. The molecule has 2 aliphatic carbocycles. The molecule has 1 aromatic rings. The van der Waals surface area contributed by atoms with Crippen molar-refractivity contribution in [2.24, 2.45) is 0 Å². The van der Waals surface area contributed by atoms with Crippen molar-refractivity contribution in [1.82, 2.24) is 0 Å². The summed E-state index contributed by atoms with van der Waals surface area (Å²) >= 11 is 6.75. The van der Waals surface area contributed by atoms with Gasteiger partial charge in [-0.25, -0.2) is 0 Å². The van der Waals surface area contributed by atoms with E-state index >= 15 is 0 Å². The number of hydrogen-bond acceptors (Lipinski definition) is 3. The molecular weight excluding hydrogens is 264 g/mol. The van der Waals surface area contributed by atoms with Crippen LogP contribution in [0.25, 0.3) is 6.08 Å². The van der Waals surface area contributed by atoms with Crippen LogP contribution in [0.4, 0.5) is 0 Å². The minimum Gasteiger partial charge on any atom is -0.150 e. The Balaban J connectivity index is 1.65. The Kier molecular flexibility index (Phi) is 1.32. The van der Waals surface area contributed by atoms with Gasteiger partial charge in [-0.15, -0.1) is 35.3 Å². The van der Waals surface area contributed by atoms with Gasteiger partial charge in [0.1, 0.15) is 0 Å². The molecule has 0 radical (unpaired) electrons. The van der Waals surface area contributed by atoms with E-state index in [1.54, 1.807) is 11.1 Å². The van der Waals surface area contributed by atoms with Gasteiger partial charge >= 0.3 is 0 Å². The van der Waals surface area contributed by atoms with Crippen LogP contribution in [0.1, 0.15) is 16.4 Å². The number of thioether (sulfide) groups is 3. The highest BCUT2D eigenvalue weighted by Crippen LogP contribution is 2.86. The van der Waals surface area contributed by atoms with E-state index in [1.165, 1.54) is 5.56 Å². The lowest BCUT2D eigenvalue weighted by Gasteiger charge is -2.26. The molecule has 0 bridgehead atoms. The van der Waals surface area contributed by atoms with Gasteiger partial charge in [-0.1, -0.05) is 30.3 Å². The smallest absolute Gasteiger partial charge is 0.0678 e. The monoisotopic (exact) mass is 274 g/mol. The molecule has 3 saturated heterocycles. The molecule has 1 spiro atoms. The first-order valence-corrected chi connectivity index (χ1v) is 8.96. The van der Waals surface area contributed by atoms with Crippen LogP contribution in [-0.4, -0.2) is 25.7 Å². The number of fused-ring (bicyclic) bond motifs is 6. The molecule has 0 nitrogen and oxygen atoms in total. The second kappa shape index (κ2) is 2.50. The summed E-state index contributed by atoms with van der Waals surface area (Å²) in [5.41, 5.74) is 4.91. The number of benzene rings is 1. The molecule has 84 valence electrons. The van der Waals surface area contributed by atoms with E-state index in [-0.39, 0.29) is 0 Å². The second-order valence-corrected chi connectivity index (χ2v) is 9.59. The van der Waals surface area contributed by atoms with E-state index < -0.39 is 0 Å². The summed E-state index contributed by atoms with van der Waals surface area (Å²) in [6.07, 6.45) is 2.54. The molecule has 0 N–H and O–H groups in total. The Bertz CT molecular complexity index is 607. The average Bonchev–Trinajstić information content (AvgIpc) is 3.24. The van der Waals surface area contributed by atoms with Crippen LogP contribution in [0.3, 0.4) is 0 Å². The van der Waals surface area contributed by atoms with Gasteiger partial charge in [-0.05, 0) is 16.7 Å². The highest BCUT2D eigenvalue weighted by molar-refractivity contribution is 8.16. The molecule has 3 aliphatic heterocycles. The lowest BCUT2D eigenvalue weighted by molar-refractivity contribution is 0.649. The third-order valence-electron chi connectivity index (χ3n) is 4.79. The van der Waals surface area contributed by atoms with Crippen LogP contribution < -0.4 is 0 Å². The molecule has 1 saturated carbocycles.